The monoisotopic (exact) mass is 452 g/mol. The molecule has 0 spiro atoms. The zero-order chi connectivity index (χ0) is 23.2. The molecule has 10 heteroatoms. The lowest BCUT2D eigenvalue weighted by atomic mass is 10.1. The molecular weight excluding hydrogens is 424 g/mol. The van der Waals surface area contributed by atoms with Gasteiger partial charge < -0.3 is 25.3 Å². The van der Waals surface area contributed by atoms with Crippen molar-refractivity contribution in [3.63, 3.8) is 0 Å². The number of carbonyl (C=O) groups is 1. The SMILES string of the molecule is COc1cc(OC)c(N)c(C(=O)c2nc(Nc3ccc(OCCN4CCCC4)cc3)n[nH]2)c1. The van der Waals surface area contributed by atoms with Crippen LogP contribution >= 0.6 is 0 Å². The third-order valence-corrected chi connectivity index (χ3v) is 5.50. The largest absolute Gasteiger partial charge is 0.497 e. The smallest absolute Gasteiger partial charge is 0.246 e. The van der Waals surface area contributed by atoms with E-state index in [0.29, 0.717) is 18.1 Å². The van der Waals surface area contributed by atoms with Crippen molar-refractivity contribution in [3.8, 4) is 17.2 Å². The molecule has 0 aliphatic carbocycles. The summed E-state index contributed by atoms with van der Waals surface area (Å²) in [4.78, 5) is 19.6. The van der Waals surface area contributed by atoms with Gasteiger partial charge in [-0.1, -0.05) is 0 Å². The van der Waals surface area contributed by atoms with E-state index in [1.165, 1.54) is 33.1 Å². The normalized spacial score (nSPS) is 13.6. The van der Waals surface area contributed by atoms with Crippen LogP contribution in [0.5, 0.6) is 17.2 Å². The Morgan fingerprint density at radius 2 is 1.88 bits per heavy atom. The van der Waals surface area contributed by atoms with Crippen LogP contribution in [0, 0.1) is 0 Å². The van der Waals surface area contributed by atoms with Gasteiger partial charge in [-0.15, -0.1) is 5.10 Å². The fourth-order valence-electron chi connectivity index (χ4n) is 3.69. The van der Waals surface area contributed by atoms with E-state index in [2.05, 4.69) is 25.4 Å². The van der Waals surface area contributed by atoms with Gasteiger partial charge in [0.1, 0.15) is 23.9 Å². The third-order valence-electron chi connectivity index (χ3n) is 5.50. The highest BCUT2D eigenvalue weighted by Gasteiger charge is 2.21. The number of methoxy groups -OCH3 is 2. The lowest BCUT2D eigenvalue weighted by Gasteiger charge is -2.15. The van der Waals surface area contributed by atoms with E-state index in [4.69, 9.17) is 19.9 Å². The van der Waals surface area contributed by atoms with Crippen LogP contribution in [0.25, 0.3) is 0 Å². The van der Waals surface area contributed by atoms with Crippen molar-refractivity contribution >= 4 is 23.1 Å². The number of hydrogen-bond acceptors (Lipinski definition) is 9. The summed E-state index contributed by atoms with van der Waals surface area (Å²) >= 11 is 0. The van der Waals surface area contributed by atoms with Crippen molar-refractivity contribution in [2.24, 2.45) is 0 Å². The molecular formula is C23H28N6O4. The fourth-order valence-corrected chi connectivity index (χ4v) is 3.69. The maximum absolute atomic E-state index is 12.9. The zero-order valence-electron chi connectivity index (χ0n) is 18.8. The number of anilines is 3. The lowest BCUT2D eigenvalue weighted by Crippen LogP contribution is -2.25. The van der Waals surface area contributed by atoms with E-state index >= 15 is 0 Å². The summed E-state index contributed by atoms with van der Waals surface area (Å²) in [5.41, 5.74) is 7.26. The van der Waals surface area contributed by atoms with Gasteiger partial charge in [-0.25, -0.2) is 0 Å². The number of benzene rings is 2. The van der Waals surface area contributed by atoms with Crippen LogP contribution in [0.3, 0.4) is 0 Å². The van der Waals surface area contributed by atoms with E-state index in [0.717, 1.165) is 31.1 Å². The van der Waals surface area contributed by atoms with Gasteiger partial charge >= 0.3 is 0 Å². The molecule has 2 heterocycles. The number of nitrogens with one attached hydrogen (secondary N) is 2. The number of H-pyrrole nitrogens is 1. The zero-order valence-corrected chi connectivity index (χ0v) is 18.8. The first-order valence-corrected chi connectivity index (χ1v) is 10.8. The molecule has 33 heavy (non-hydrogen) atoms. The van der Waals surface area contributed by atoms with Crippen LogP contribution in [0.2, 0.25) is 0 Å². The van der Waals surface area contributed by atoms with E-state index in [1.807, 2.05) is 24.3 Å². The Hall–Kier alpha value is -3.79. The molecule has 0 radical (unpaired) electrons. The molecule has 10 nitrogen and oxygen atoms in total. The number of carbonyl (C=O) groups excluding carboxylic acids is 1. The summed E-state index contributed by atoms with van der Waals surface area (Å²) in [5.74, 6) is 1.47. The Kier molecular flexibility index (Phi) is 6.94. The number of aromatic nitrogens is 3. The number of nitrogens with zero attached hydrogens (tertiary/aromatic N) is 3. The van der Waals surface area contributed by atoms with E-state index in [9.17, 15) is 4.79 Å². The van der Waals surface area contributed by atoms with Crippen molar-refractivity contribution in [1.29, 1.82) is 0 Å². The van der Waals surface area contributed by atoms with Crippen molar-refractivity contribution in [3.05, 3.63) is 47.8 Å². The molecule has 1 saturated heterocycles. The minimum atomic E-state index is -0.424. The van der Waals surface area contributed by atoms with Gasteiger partial charge in [0, 0.05) is 18.3 Å². The van der Waals surface area contributed by atoms with Crippen LogP contribution in [-0.4, -0.2) is 66.3 Å². The molecule has 0 unspecified atom stereocenters. The molecule has 1 fully saturated rings. The van der Waals surface area contributed by atoms with Gasteiger partial charge in [0.25, 0.3) is 0 Å². The average molecular weight is 453 g/mol. The van der Waals surface area contributed by atoms with Gasteiger partial charge in [0.05, 0.1) is 25.5 Å². The van der Waals surface area contributed by atoms with Gasteiger partial charge in [0.2, 0.25) is 11.7 Å². The van der Waals surface area contributed by atoms with Crippen molar-refractivity contribution in [2.75, 3.05) is 51.5 Å². The molecule has 1 aromatic heterocycles. The van der Waals surface area contributed by atoms with Crippen molar-refractivity contribution < 1.29 is 19.0 Å². The maximum Gasteiger partial charge on any atom is 0.246 e. The highest BCUT2D eigenvalue weighted by molar-refractivity contribution is 6.11. The molecule has 4 rings (SSSR count). The molecule has 0 bridgehead atoms. The summed E-state index contributed by atoms with van der Waals surface area (Å²) in [7, 11) is 2.97. The molecule has 1 aliphatic rings. The number of nitrogens with two attached hydrogens (primary N) is 1. The van der Waals surface area contributed by atoms with Gasteiger partial charge in [-0.2, -0.15) is 4.98 Å². The van der Waals surface area contributed by atoms with Gasteiger partial charge in [-0.3, -0.25) is 14.8 Å². The van der Waals surface area contributed by atoms with Crippen molar-refractivity contribution in [1.82, 2.24) is 20.1 Å². The second kappa shape index (κ2) is 10.2. The van der Waals surface area contributed by atoms with E-state index in [1.54, 1.807) is 6.07 Å². The number of hydrogen-bond donors (Lipinski definition) is 3. The second-order valence-electron chi connectivity index (χ2n) is 7.67. The molecule has 0 saturated carbocycles. The predicted molar refractivity (Wildman–Crippen MR) is 125 cm³/mol. The highest BCUT2D eigenvalue weighted by atomic mass is 16.5. The quantitative estimate of drug-likeness (QED) is 0.314. The second-order valence-corrected chi connectivity index (χ2v) is 7.67. The Labute approximate surface area is 192 Å². The number of likely N-dealkylation sites (tertiary alicyclic amines) is 1. The Morgan fingerprint density at radius 1 is 1.12 bits per heavy atom. The number of nitrogen functional groups attached to an aromatic ring is 1. The average Bonchev–Trinajstić information content (AvgIpc) is 3.52. The van der Waals surface area contributed by atoms with E-state index < -0.39 is 5.78 Å². The van der Waals surface area contributed by atoms with Gasteiger partial charge in [-0.05, 0) is 56.3 Å². The number of rotatable bonds is 10. The minimum Gasteiger partial charge on any atom is -0.497 e. The minimum absolute atomic E-state index is 0.0429. The Balaban J connectivity index is 1.38. The third kappa shape index (κ3) is 5.35. The molecule has 4 N–H and O–H groups in total. The maximum atomic E-state index is 12.9. The number of ether oxygens (including phenoxy) is 3. The van der Waals surface area contributed by atoms with Crippen LogP contribution in [-0.2, 0) is 0 Å². The first-order valence-electron chi connectivity index (χ1n) is 10.8. The van der Waals surface area contributed by atoms with Crippen LogP contribution in [0.4, 0.5) is 17.3 Å². The van der Waals surface area contributed by atoms with Crippen LogP contribution in [0.15, 0.2) is 36.4 Å². The highest BCUT2D eigenvalue weighted by Crippen LogP contribution is 2.32. The summed E-state index contributed by atoms with van der Waals surface area (Å²) in [6, 6.07) is 10.7. The molecule has 0 amide bonds. The summed E-state index contributed by atoms with van der Waals surface area (Å²) in [5, 5.41) is 9.80. The van der Waals surface area contributed by atoms with Crippen LogP contribution < -0.4 is 25.3 Å². The number of aromatic amines is 1. The summed E-state index contributed by atoms with van der Waals surface area (Å²) in [6.07, 6.45) is 2.55. The molecule has 0 atom stereocenters. The molecule has 3 aromatic rings. The standard InChI is InChI=1S/C23H28N6O4/c1-31-17-13-18(20(24)19(14-17)32-2)21(30)22-26-23(28-27-22)25-15-5-7-16(8-6-15)33-12-11-29-9-3-4-10-29/h5-8,13-14H,3-4,9-12,24H2,1-2H3,(H2,25,26,27,28). The summed E-state index contributed by atoms with van der Waals surface area (Å²) < 4.78 is 16.3. The first-order chi connectivity index (χ1) is 16.1. The lowest BCUT2D eigenvalue weighted by molar-refractivity contribution is 0.103. The Morgan fingerprint density at radius 3 is 2.58 bits per heavy atom. The number of ketones is 1. The predicted octanol–water partition coefficient (Wildman–Crippen LogP) is 2.85. The van der Waals surface area contributed by atoms with Gasteiger partial charge in [0.15, 0.2) is 5.82 Å². The fraction of sp³-hybridized carbons (Fsp3) is 0.348. The topological polar surface area (TPSA) is 128 Å². The van der Waals surface area contributed by atoms with E-state index in [-0.39, 0.29) is 23.0 Å². The summed E-state index contributed by atoms with van der Waals surface area (Å²) in [6.45, 7) is 3.92. The Bertz CT molecular complexity index is 1090. The van der Waals surface area contributed by atoms with Crippen molar-refractivity contribution in [2.45, 2.75) is 12.8 Å². The first kappa shape index (κ1) is 22.4. The molecule has 1 aliphatic heterocycles. The molecule has 2 aromatic carbocycles. The van der Waals surface area contributed by atoms with Crippen LogP contribution in [0.1, 0.15) is 29.0 Å². The molecule has 174 valence electrons.